The van der Waals surface area contributed by atoms with Crippen LogP contribution in [0, 0.1) is 5.92 Å². The summed E-state index contributed by atoms with van der Waals surface area (Å²) in [6.07, 6.45) is 2.59. The summed E-state index contributed by atoms with van der Waals surface area (Å²) >= 11 is 1.59. The monoisotopic (exact) mass is 283 g/mol. The maximum Gasteiger partial charge on any atom is 0.410 e. The topological polar surface area (TPSA) is 54.5 Å². The minimum absolute atomic E-state index is 0.204. The number of carbonyl (C=O) groups excluding carboxylic acids is 1. The summed E-state index contributed by atoms with van der Waals surface area (Å²) < 4.78 is 5.38. The molecule has 0 aliphatic carbocycles. The zero-order valence-corrected chi connectivity index (χ0v) is 12.5. The van der Waals surface area contributed by atoms with E-state index in [0.29, 0.717) is 5.92 Å². The van der Waals surface area contributed by atoms with Crippen molar-refractivity contribution in [3.05, 3.63) is 11.6 Å². The fraction of sp³-hybridized carbons (Fsp3) is 0.692. The first-order valence-electron chi connectivity index (χ1n) is 6.55. The van der Waals surface area contributed by atoms with Gasteiger partial charge in [-0.3, -0.25) is 0 Å². The van der Waals surface area contributed by atoms with Gasteiger partial charge in [0.15, 0.2) is 5.13 Å². The largest absolute Gasteiger partial charge is 0.444 e. The van der Waals surface area contributed by atoms with E-state index < -0.39 is 5.60 Å². The van der Waals surface area contributed by atoms with Crippen LogP contribution >= 0.6 is 11.3 Å². The Hall–Kier alpha value is -1.30. The molecule has 0 spiro atoms. The third-order valence-electron chi connectivity index (χ3n) is 2.91. The molecule has 19 heavy (non-hydrogen) atoms. The van der Waals surface area contributed by atoms with Gasteiger partial charge in [0.2, 0.25) is 0 Å². The summed E-state index contributed by atoms with van der Waals surface area (Å²) in [5.41, 5.74) is -0.422. The summed E-state index contributed by atoms with van der Waals surface area (Å²) in [5.74, 6) is 0.469. The van der Waals surface area contributed by atoms with E-state index in [9.17, 15) is 4.79 Å². The number of aromatic nitrogens is 1. The van der Waals surface area contributed by atoms with Crippen LogP contribution in [0.15, 0.2) is 11.6 Å². The van der Waals surface area contributed by atoms with E-state index in [1.54, 1.807) is 22.4 Å². The number of carbonyl (C=O) groups is 1. The van der Waals surface area contributed by atoms with Crippen LogP contribution in [0.25, 0.3) is 0 Å². The Morgan fingerprint density at radius 3 is 3.05 bits per heavy atom. The zero-order chi connectivity index (χ0) is 13.9. The first-order valence-corrected chi connectivity index (χ1v) is 7.43. The molecule has 1 saturated heterocycles. The molecule has 1 aromatic rings. The van der Waals surface area contributed by atoms with Gasteiger partial charge in [0.1, 0.15) is 5.60 Å². The van der Waals surface area contributed by atoms with Crippen LogP contribution in [0.3, 0.4) is 0 Å². The van der Waals surface area contributed by atoms with Gasteiger partial charge in [-0.05, 0) is 33.1 Å². The van der Waals surface area contributed by atoms with Crippen LogP contribution in [0.5, 0.6) is 0 Å². The van der Waals surface area contributed by atoms with Crippen molar-refractivity contribution in [1.82, 2.24) is 9.88 Å². The highest BCUT2D eigenvalue weighted by molar-refractivity contribution is 7.13. The second-order valence-electron chi connectivity index (χ2n) is 5.80. The molecule has 1 fully saturated rings. The van der Waals surface area contributed by atoms with Crippen LogP contribution in [0.2, 0.25) is 0 Å². The van der Waals surface area contributed by atoms with Gasteiger partial charge in [-0.1, -0.05) is 0 Å². The number of thiazole rings is 1. The summed E-state index contributed by atoms with van der Waals surface area (Å²) in [5, 5.41) is 6.19. The Bertz CT molecular complexity index is 414. The summed E-state index contributed by atoms with van der Waals surface area (Å²) in [4.78, 5) is 17.9. The predicted molar refractivity (Wildman–Crippen MR) is 76.5 cm³/mol. The third kappa shape index (κ3) is 4.38. The number of amides is 1. The van der Waals surface area contributed by atoms with Crippen molar-refractivity contribution in [3.63, 3.8) is 0 Å². The summed E-state index contributed by atoms with van der Waals surface area (Å²) in [6.45, 7) is 8.06. The third-order valence-corrected chi connectivity index (χ3v) is 3.64. The van der Waals surface area contributed by atoms with Crippen LogP contribution in [-0.4, -0.2) is 41.2 Å². The number of hydrogen-bond donors (Lipinski definition) is 1. The molecule has 0 saturated carbocycles. The second kappa shape index (κ2) is 5.77. The maximum absolute atomic E-state index is 11.9. The number of anilines is 1. The minimum Gasteiger partial charge on any atom is -0.444 e. The number of likely N-dealkylation sites (tertiary alicyclic amines) is 1. The van der Waals surface area contributed by atoms with Gasteiger partial charge in [-0.15, -0.1) is 11.3 Å². The van der Waals surface area contributed by atoms with Crippen LogP contribution in [0.1, 0.15) is 27.2 Å². The summed E-state index contributed by atoms with van der Waals surface area (Å²) in [7, 11) is 0. The maximum atomic E-state index is 11.9. The Morgan fingerprint density at radius 2 is 2.42 bits per heavy atom. The molecule has 1 aliphatic heterocycles. The molecule has 0 bridgehead atoms. The van der Waals surface area contributed by atoms with E-state index in [-0.39, 0.29) is 6.09 Å². The normalized spacial score (nSPS) is 19.5. The van der Waals surface area contributed by atoms with E-state index in [4.69, 9.17) is 4.74 Å². The number of ether oxygens (including phenoxy) is 1. The first-order chi connectivity index (χ1) is 8.94. The van der Waals surface area contributed by atoms with Gasteiger partial charge in [0, 0.05) is 31.2 Å². The van der Waals surface area contributed by atoms with E-state index in [1.807, 2.05) is 26.2 Å². The molecule has 6 heteroatoms. The lowest BCUT2D eigenvalue weighted by atomic mass is 10.1. The quantitative estimate of drug-likeness (QED) is 0.926. The summed E-state index contributed by atoms with van der Waals surface area (Å²) in [6, 6.07) is 0. The second-order valence-corrected chi connectivity index (χ2v) is 6.69. The van der Waals surface area contributed by atoms with Crippen LogP contribution < -0.4 is 5.32 Å². The number of nitrogens with zero attached hydrogens (tertiary/aromatic N) is 2. The van der Waals surface area contributed by atoms with E-state index in [1.165, 1.54) is 0 Å². The van der Waals surface area contributed by atoms with Gasteiger partial charge in [0.05, 0.1) is 0 Å². The van der Waals surface area contributed by atoms with E-state index in [2.05, 4.69) is 10.3 Å². The fourth-order valence-electron chi connectivity index (χ4n) is 2.03. The average Bonchev–Trinajstić information content (AvgIpc) is 2.96. The van der Waals surface area contributed by atoms with Crippen molar-refractivity contribution in [2.45, 2.75) is 32.8 Å². The molecule has 2 rings (SSSR count). The smallest absolute Gasteiger partial charge is 0.410 e. The van der Waals surface area contributed by atoms with Crippen molar-refractivity contribution in [2.75, 3.05) is 25.0 Å². The number of nitrogens with one attached hydrogen (secondary N) is 1. The van der Waals surface area contributed by atoms with Crippen molar-refractivity contribution in [2.24, 2.45) is 5.92 Å². The molecule has 106 valence electrons. The molecule has 0 aromatic carbocycles. The molecule has 0 unspecified atom stereocenters. The predicted octanol–water partition coefficient (Wildman–Crippen LogP) is 2.81. The van der Waals surface area contributed by atoms with E-state index >= 15 is 0 Å². The molecular formula is C13H21N3O2S. The van der Waals surface area contributed by atoms with Gasteiger partial charge >= 0.3 is 6.09 Å². The van der Waals surface area contributed by atoms with Crippen molar-refractivity contribution in [1.29, 1.82) is 0 Å². The Morgan fingerprint density at radius 1 is 1.63 bits per heavy atom. The van der Waals surface area contributed by atoms with Crippen molar-refractivity contribution >= 4 is 22.6 Å². The highest BCUT2D eigenvalue weighted by Crippen LogP contribution is 2.20. The molecular weight excluding hydrogens is 262 g/mol. The average molecular weight is 283 g/mol. The SMILES string of the molecule is CC(C)(C)OC(=O)N1CC[C@H](CNc2nccs2)C1. The minimum atomic E-state index is -0.422. The Labute approximate surface area is 118 Å². The standard InChI is InChI=1S/C13H21N3O2S/c1-13(2,3)18-12(17)16-6-4-10(9-16)8-15-11-14-5-7-19-11/h5,7,10H,4,6,8-9H2,1-3H3,(H,14,15)/t10-/m1/s1. The van der Waals surface area contributed by atoms with Crippen molar-refractivity contribution in [3.8, 4) is 0 Å². The zero-order valence-electron chi connectivity index (χ0n) is 11.7. The number of hydrogen-bond acceptors (Lipinski definition) is 5. The van der Waals surface area contributed by atoms with Crippen molar-refractivity contribution < 1.29 is 9.53 Å². The molecule has 1 N–H and O–H groups in total. The van der Waals surface area contributed by atoms with Gasteiger partial charge in [-0.25, -0.2) is 9.78 Å². The highest BCUT2D eigenvalue weighted by Gasteiger charge is 2.29. The lowest BCUT2D eigenvalue weighted by Crippen LogP contribution is -2.35. The fourth-order valence-corrected chi connectivity index (χ4v) is 2.57. The highest BCUT2D eigenvalue weighted by atomic mass is 32.1. The van der Waals surface area contributed by atoms with Gasteiger partial charge < -0.3 is 15.0 Å². The first kappa shape index (κ1) is 14.1. The Balaban J connectivity index is 1.75. The van der Waals surface area contributed by atoms with Crippen LogP contribution in [0.4, 0.5) is 9.93 Å². The van der Waals surface area contributed by atoms with E-state index in [0.717, 1.165) is 31.2 Å². The lowest BCUT2D eigenvalue weighted by molar-refractivity contribution is 0.0289. The van der Waals surface area contributed by atoms with Crippen LogP contribution in [-0.2, 0) is 4.74 Å². The molecule has 2 heterocycles. The van der Waals surface area contributed by atoms with Gasteiger partial charge in [-0.2, -0.15) is 0 Å². The lowest BCUT2D eigenvalue weighted by Gasteiger charge is -2.24. The molecule has 0 radical (unpaired) electrons. The molecule has 1 atom stereocenters. The van der Waals surface area contributed by atoms with Gasteiger partial charge in [0.25, 0.3) is 0 Å². The Kier molecular flexibility index (Phi) is 4.29. The molecule has 1 aromatic heterocycles. The molecule has 1 aliphatic rings. The molecule has 1 amide bonds. The molecule has 5 nitrogen and oxygen atoms in total. The number of rotatable bonds is 3.